The summed E-state index contributed by atoms with van der Waals surface area (Å²) in [6.07, 6.45) is -10.6. The molecule has 212 valence electrons. The molecule has 1 N–H and O–H groups in total. The van der Waals surface area contributed by atoms with Crippen LogP contribution in [0.25, 0.3) is 11.1 Å². The third-order valence-electron chi connectivity index (χ3n) is 7.57. The van der Waals surface area contributed by atoms with Crippen LogP contribution in [-0.2, 0) is 5.41 Å². The summed E-state index contributed by atoms with van der Waals surface area (Å²) in [6, 6.07) is 15.6. The van der Waals surface area contributed by atoms with Gasteiger partial charge in [0.2, 0.25) is 0 Å². The molecule has 2 nitrogen and oxygen atoms in total. The van der Waals surface area contributed by atoms with Crippen molar-refractivity contribution in [2.75, 3.05) is 6.61 Å². The molecule has 0 heterocycles. The number of halogens is 7. The predicted molar refractivity (Wildman–Crippen MR) is 136 cm³/mol. The monoisotopic (exact) mass is 556 g/mol. The minimum Gasteiger partial charge on any atom is -0.490 e. The fourth-order valence-corrected chi connectivity index (χ4v) is 4.89. The molecule has 39 heavy (non-hydrogen) atoms. The minimum atomic E-state index is -5.97. The number of rotatable bonds is 8. The number of aliphatic hydroxyl groups is 1. The molecule has 0 spiro atoms. The fourth-order valence-electron chi connectivity index (χ4n) is 4.89. The fraction of sp³-hybridized carbons (Fsp3) is 0.400. The Labute approximate surface area is 223 Å². The van der Waals surface area contributed by atoms with Crippen molar-refractivity contribution in [1.29, 1.82) is 0 Å². The zero-order chi connectivity index (χ0) is 29.4. The first kappa shape index (κ1) is 30.5. The van der Waals surface area contributed by atoms with Crippen LogP contribution in [0.2, 0.25) is 0 Å². The molecule has 0 saturated carbocycles. The van der Waals surface area contributed by atoms with Gasteiger partial charge in [0.25, 0.3) is 5.60 Å². The van der Waals surface area contributed by atoms with Gasteiger partial charge in [-0.05, 0) is 84.7 Å². The number of ether oxygens (including phenoxy) is 1. The van der Waals surface area contributed by atoms with Crippen LogP contribution in [0.15, 0.2) is 54.6 Å². The molecule has 9 heteroatoms. The molecule has 0 aliphatic rings. The summed E-state index contributed by atoms with van der Waals surface area (Å²) >= 11 is 0. The minimum absolute atomic E-state index is 0.195. The van der Waals surface area contributed by atoms with Gasteiger partial charge in [-0.1, -0.05) is 56.3 Å². The molecule has 0 bridgehead atoms. The van der Waals surface area contributed by atoms with E-state index in [4.69, 9.17) is 4.74 Å². The van der Waals surface area contributed by atoms with E-state index in [0.29, 0.717) is 24.0 Å². The zero-order valence-electron chi connectivity index (χ0n) is 22.3. The zero-order valence-corrected chi connectivity index (χ0v) is 22.3. The largest absolute Gasteiger partial charge is 0.490 e. The van der Waals surface area contributed by atoms with Crippen molar-refractivity contribution in [2.24, 2.45) is 0 Å². The summed E-state index contributed by atoms with van der Waals surface area (Å²) in [5.41, 5.74) is -0.299. The predicted octanol–water partition coefficient (Wildman–Crippen LogP) is 8.76. The molecule has 0 unspecified atom stereocenters. The van der Waals surface area contributed by atoms with Crippen LogP contribution in [0, 0.1) is 26.6 Å². The molecular weight excluding hydrogens is 525 g/mol. The highest BCUT2D eigenvalue weighted by Gasteiger charge is 2.71. The first-order chi connectivity index (χ1) is 18.0. The van der Waals surface area contributed by atoms with Crippen molar-refractivity contribution in [3.63, 3.8) is 0 Å². The molecule has 0 fully saturated rings. The van der Waals surface area contributed by atoms with Gasteiger partial charge < -0.3 is 9.84 Å². The highest BCUT2D eigenvalue weighted by Crippen LogP contribution is 2.45. The van der Waals surface area contributed by atoms with Gasteiger partial charge >= 0.3 is 12.4 Å². The average molecular weight is 557 g/mol. The van der Waals surface area contributed by atoms with Gasteiger partial charge in [-0.25, -0.2) is 4.39 Å². The van der Waals surface area contributed by atoms with Crippen LogP contribution < -0.4 is 4.74 Å². The number of benzene rings is 3. The number of hydrogen-bond acceptors (Lipinski definition) is 2. The van der Waals surface area contributed by atoms with E-state index in [0.717, 1.165) is 27.8 Å². The normalized spacial score (nSPS) is 13.1. The van der Waals surface area contributed by atoms with E-state index in [1.165, 1.54) is 19.1 Å². The highest BCUT2D eigenvalue weighted by atomic mass is 19.4. The maximum atomic E-state index is 14.2. The molecule has 0 atom stereocenters. The lowest BCUT2D eigenvalue weighted by molar-refractivity contribution is -0.373. The summed E-state index contributed by atoms with van der Waals surface area (Å²) in [4.78, 5) is 0. The lowest BCUT2D eigenvalue weighted by Gasteiger charge is -2.35. The first-order valence-corrected chi connectivity index (χ1v) is 12.5. The van der Waals surface area contributed by atoms with Gasteiger partial charge in [0.15, 0.2) is 0 Å². The van der Waals surface area contributed by atoms with E-state index >= 15 is 0 Å². The van der Waals surface area contributed by atoms with Gasteiger partial charge in [-0.3, -0.25) is 0 Å². The molecule has 0 aliphatic carbocycles. The van der Waals surface area contributed by atoms with E-state index in [1.807, 2.05) is 45.0 Å². The topological polar surface area (TPSA) is 29.5 Å². The number of alkyl halides is 6. The second kappa shape index (κ2) is 10.8. The van der Waals surface area contributed by atoms with E-state index in [-0.39, 0.29) is 11.6 Å². The molecule has 3 aromatic carbocycles. The quantitative estimate of drug-likeness (QED) is 0.281. The summed E-state index contributed by atoms with van der Waals surface area (Å²) in [5, 5.41) is 9.41. The van der Waals surface area contributed by atoms with Gasteiger partial charge in [0.1, 0.15) is 18.2 Å². The number of aryl methyl sites for hydroxylation is 3. The standard InChI is InChI=1S/C30H31F7O2/c1-6-27(7-2,22-10-12-24(19(4)14-22)21-9-8-18(3)25(31)16-21)23-11-13-26(20(5)15-23)39-17-28(38,29(32,33)34)30(35,36)37/h8-16,38H,6-7,17H2,1-5H3. The Bertz CT molecular complexity index is 1310. The van der Waals surface area contributed by atoms with Crippen molar-refractivity contribution < 1.29 is 40.6 Å². The Morgan fingerprint density at radius 2 is 1.23 bits per heavy atom. The van der Waals surface area contributed by atoms with Gasteiger partial charge in [-0.2, -0.15) is 26.3 Å². The summed E-state index contributed by atoms with van der Waals surface area (Å²) in [5.74, 6) is -0.492. The van der Waals surface area contributed by atoms with Crippen LogP contribution in [0.5, 0.6) is 5.75 Å². The van der Waals surface area contributed by atoms with Crippen molar-refractivity contribution >= 4 is 0 Å². The summed E-state index contributed by atoms with van der Waals surface area (Å²) in [6.45, 7) is 7.11. The molecule has 3 rings (SSSR count). The molecule has 3 aromatic rings. The maximum Gasteiger partial charge on any atom is 0.429 e. The van der Waals surface area contributed by atoms with E-state index in [2.05, 4.69) is 0 Å². The van der Waals surface area contributed by atoms with Crippen LogP contribution in [-0.4, -0.2) is 29.7 Å². The van der Waals surface area contributed by atoms with Crippen molar-refractivity contribution in [1.82, 2.24) is 0 Å². The van der Waals surface area contributed by atoms with Gasteiger partial charge in [0, 0.05) is 5.41 Å². The second-order valence-corrected chi connectivity index (χ2v) is 9.91. The van der Waals surface area contributed by atoms with E-state index in [9.17, 15) is 35.8 Å². The van der Waals surface area contributed by atoms with Gasteiger partial charge in [0.05, 0.1) is 0 Å². The van der Waals surface area contributed by atoms with Crippen LogP contribution in [0.1, 0.15) is 54.5 Å². The second-order valence-electron chi connectivity index (χ2n) is 9.91. The van der Waals surface area contributed by atoms with Crippen molar-refractivity contribution in [3.8, 4) is 16.9 Å². The summed E-state index contributed by atoms with van der Waals surface area (Å²) < 4.78 is 97.3. The van der Waals surface area contributed by atoms with E-state index < -0.39 is 30.0 Å². The molecule has 0 radical (unpaired) electrons. The SMILES string of the molecule is CCC(CC)(c1ccc(OCC(O)(C(F)(F)F)C(F)(F)F)c(C)c1)c1ccc(-c2ccc(C)c(F)c2)c(C)c1. The van der Waals surface area contributed by atoms with Crippen molar-refractivity contribution in [3.05, 3.63) is 88.2 Å². The van der Waals surface area contributed by atoms with Crippen LogP contribution >= 0.6 is 0 Å². The Morgan fingerprint density at radius 1 is 0.692 bits per heavy atom. The Balaban J connectivity index is 1.97. The highest BCUT2D eigenvalue weighted by molar-refractivity contribution is 5.68. The third-order valence-corrected chi connectivity index (χ3v) is 7.57. The molecule has 0 saturated heterocycles. The van der Waals surface area contributed by atoms with Crippen molar-refractivity contribution in [2.45, 2.75) is 70.8 Å². The third kappa shape index (κ3) is 5.64. The van der Waals surface area contributed by atoms with E-state index in [1.54, 1.807) is 25.1 Å². The summed E-state index contributed by atoms with van der Waals surface area (Å²) in [7, 11) is 0. The Hall–Kier alpha value is -3.07. The first-order valence-electron chi connectivity index (χ1n) is 12.5. The smallest absolute Gasteiger partial charge is 0.429 e. The molecular formula is C30H31F7O2. The van der Waals surface area contributed by atoms with Gasteiger partial charge in [-0.15, -0.1) is 0 Å². The lowest BCUT2D eigenvalue weighted by Crippen LogP contribution is -2.60. The lowest BCUT2D eigenvalue weighted by atomic mass is 9.69. The Morgan fingerprint density at radius 3 is 1.69 bits per heavy atom. The number of hydrogen-bond donors (Lipinski definition) is 1. The average Bonchev–Trinajstić information content (AvgIpc) is 2.85. The Kier molecular flexibility index (Phi) is 8.46. The molecule has 0 aliphatic heterocycles. The molecule has 0 amide bonds. The maximum absolute atomic E-state index is 14.2. The van der Waals surface area contributed by atoms with Crippen LogP contribution in [0.4, 0.5) is 30.7 Å². The molecule has 0 aromatic heterocycles. The van der Waals surface area contributed by atoms with Crippen LogP contribution in [0.3, 0.4) is 0 Å².